The van der Waals surface area contributed by atoms with Crippen molar-refractivity contribution in [1.29, 1.82) is 0 Å². The molecule has 1 aliphatic rings. The molecule has 1 heterocycles. The van der Waals surface area contributed by atoms with Gasteiger partial charge in [0, 0.05) is 23.7 Å². The van der Waals surface area contributed by atoms with E-state index in [-0.39, 0.29) is 28.6 Å². The first-order valence-electron chi connectivity index (χ1n) is 8.21. The highest BCUT2D eigenvalue weighted by Crippen LogP contribution is 2.36. The Bertz CT molecular complexity index is 833. The van der Waals surface area contributed by atoms with E-state index in [1.54, 1.807) is 19.9 Å². The molecule has 0 spiro atoms. The molecule has 0 atom stereocenters. The number of alkyl halides is 2. The zero-order valence-electron chi connectivity index (χ0n) is 14.3. The van der Waals surface area contributed by atoms with Gasteiger partial charge in [0.15, 0.2) is 0 Å². The largest absolute Gasteiger partial charge is 0.433 e. The molecule has 1 aromatic heterocycles. The number of nitrogens with zero attached hydrogens (tertiary/aromatic N) is 1. The standard InChI is InChI=1S/C18H19ClF2N2O3/c1-18(2,25)11-5-12(6-11)23-16(24)10-3-9-4-13(19)15(26-17(20)21)7-14(9)22-8-10/h3-4,7-8,11-12,17,25H,5-6H2,1-2H3,(H,23,24)/t11-,12-. The highest BCUT2D eigenvalue weighted by molar-refractivity contribution is 6.32. The van der Waals surface area contributed by atoms with Crippen molar-refractivity contribution in [3.8, 4) is 5.75 Å². The summed E-state index contributed by atoms with van der Waals surface area (Å²) < 4.78 is 29.1. The summed E-state index contributed by atoms with van der Waals surface area (Å²) in [7, 11) is 0. The van der Waals surface area contributed by atoms with Crippen molar-refractivity contribution in [2.75, 3.05) is 0 Å². The number of rotatable bonds is 5. The van der Waals surface area contributed by atoms with Gasteiger partial charge in [0.25, 0.3) is 5.91 Å². The molecule has 2 N–H and O–H groups in total. The molecule has 1 amide bonds. The van der Waals surface area contributed by atoms with Crippen molar-refractivity contribution in [2.24, 2.45) is 5.92 Å². The maximum atomic E-state index is 12.4. The molecular weight excluding hydrogens is 366 g/mol. The van der Waals surface area contributed by atoms with Crippen LogP contribution < -0.4 is 10.1 Å². The Hall–Kier alpha value is -1.99. The van der Waals surface area contributed by atoms with Crippen LogP contribution in [0, 0.1) is 5.92 Å². The van der Waals surface area contributed by atoms with E-state index < -0.39 is 12.2 Å². The molecule has 0 aliphatic heterocycles. The molecule has 0 unspecified atom stereocenters. The van der Waals surface area contributed by atoms with E-state index in [4.69, 9.17) is 11.6 Å². The lowest BCUT2D eigenvalue weighted by Gasteiger charge is -2.42. The first kappa shape index (κ1) is 18.8. The van der Waals surface area contributed by atoms with Crippen LogP contribution >= 0.6 is 11.6 Å². The van der Waals surface area contributed by atoms with E-state index in [1.807, 2.05) is 0 Å². The van der Waals surface area contributed by atoms with Crippen LogP contribution in [-0.2, 0) is 0 Å². The molecule has 1 aromatic carbocycles. The van der Waals surface area contributed by atoms with Crippen LogP contribution in [0.1, 0.15) is 37.0 Å². The van der Waals surface area contributed by atoms with Gasteiger partial charge in [-0.25, -0.2) is 0 Å². The zero-order chi connectivity index (χ0) is 19.1. The van der Waals surface area contributed by atoms with Gasteiger partial charge < -0.3 is 15.2 Å². The lowest BCUT2D eigenvalue weighted by atomic mass is 9.71. The van der Waals surface area contributed by atoms with E-state index in [0.29, 0.717) is 16.5 Å². The second kappa shape index (κ2) is 6.96. The van der Waals surface area contributed by atoms with Crippen molar-refractivity contribution in [1.82, 2.24) is 10.3 Å². The normalized spacial score (nSPS) is 20.1. The summed E-state index contributed by atoms with van der Waals surface area (Å²) >= 11 is 5.94. The summed E-state index contributed by atoms with van der Waals surface area (Å²) in [6.45, 7) is 0.544. The number of carbonyl (C=O) groups excluding carboxylic acids is 1. The molecule has 26 heavy (non-hydrogen) atoms. The van der Waals surface area contributed by atoms with Gasteiger partial charge in [-0.1, -0.05) is 11.6 Å². The molecule has 5 nitrogen and oxygen atoms in total. The number of ether oxygens (including phenoxy) is 1. The van der Waals surface area contributed by atoms with Gasteiger partial charge in [-0.2, -0.15) is 8.78 Å². The Kier molecular flexibility index (Phi) is 5.03. The van der Waals surface area contributed by atoms with E-state index in [1.165, 1.54) is 18.3 Å². The second-order valence-electron chi connectivity index (χ2n) is 7.07. The van der Waals surface area contributed by atoms with Crippen LogP contribution in [0.4, 0.5) is 8.78 Å². The third-order valence-corrected chi connectivity index (χ3v) is 4.98. The molecule has 0 saturated heterocycles. The molecule has 1 saturated carbocycles. The molecule has 3 rings (SSSR count). The number of nitrogens with one attached hydrogen (secondary N) is 1. The molecule has 0 radical (unpaired) electrons. The fourth-order valence-corrected chi connectivity index (χ4v) is 3.24. The number of halogens is 3. The Morgan fingerprint density at radius 3 is 2.69 bits per heavy atom. The summed E-state index contributed by atoms with van der Waals surface area (Å²) in [4.78, 5) is 16.5. The SMILES string of the molecule is CC(C)(O)[C@H]1C[C@H](NC(=O)c2cnc3cc(OC(F)F)c(Cl)cc3c2)C1. The first-order valence-corrected chi connectivity index (χ1v) is 8.58. The quantitative estimate of drug-likeness (QED) is 0.823. The predicted molar refractivity (Wildman–Crippen MR) is 93.7 cm³/mol. The highest BCUT2D eigenvalue weighted by atomic mass is 35.5. The summed E-state index contributed by atoms with van der Waals surface area (Å²) in [5.41, 5.74) is -0.00402. The number of aliphatic hydroxyl groups is 1. The zero-order valence-corrected chi connectivity index (χ0v) is 15.1. The van der Waals surface area contributed by atoms with Crippen LogP contribution in [0.15, 0.2) is 24.4 Å². The number of pyridine rings is 1. The van der Waals surface area contributed by atoms with E-state index >= 15 is 0 Å². The third-order valence-electron chi connectivity index (χ3n) is 4.69. The minimum atomic E-state index is -2.98. The van der Waals surface area contributed by atoms with Crippen LogP contribution in [0.3, 0.4) is 0 Å². The maximum absolute atomic E-state index is 12.4. The van der Waals surface area contributed by atoms with E-state index in [9.17, 15) is 18.7 Å². The monoisotopic (exact) mass is 384 g/mol. The Morgan fingerprint density at radius 2 is 2.08 bits per heavy atom. The van der Waals surface area contributed by atoms with Crippen molar-refractivity contribution in [3.63, 3.8) is 0 Å². The van der Waals surface area contributed by atoms with E-state index in [0.717, 1.165) is 12.8 Å². The lowest BCUT2D eigenvalue weighted by Crippen LogP contribution is -2.50. The molecule has 8 heteroatoms. The predicted octanol–water partition coefficient (Wildman–Crippen LogP) is 3.77. The van der Waals surface area contributed by atoms with Crippen molar-refractivity contribution < 1.29 is 23.4 Å². The van der Waals surface area contributed by atoms with Gasteiger partial charge in [0.05, 0.1) is 21.7 Å². The molecule has 2 aromatic rings. The van der Waals surface area contributed by atoms with Gasteiger partial charge >= 0.3 is 6.61 Å². The summed E-state index contributed by atoms with van der Waals surface area (Å²) in [6, 6.07) is 4.36. The summed E-state index contributed by atoms with van der Waals surface area (Å²) in [5, 5.41) is 13.4. The van der Waals surface area contributed by atoms with Crippen molar-refractivity contribution in [3.05, 3.63) is 35.0 Å². The molecule has 0 bridgehead atoms. The minimum absolute atomic E-state index is 0.0139. The Morgan fingerprint density at radius 1 is 1.38 bits per heavy atom. The van der Waals surface area contributed by atoms with Crippen molar-refractivity contribution in [2.45, 2.75) is 44.9 Å². The van der Waals surface area contributed by atoms with E-state index in [2.05, 4.69) is 15.0 Å². The van der Waals surface area contributed by atoms with Gasteiger partial charge in [0.2, 0.25) is 0 Å². The second-order valence-corrected chi connectivity index (χ2v) is 7.48. The summed E-state index contributed by atoms with van der Waals surface area (Å²) in [5.74, 6) is -0.275. The van der Waals surface area contributed by atoms with Gasteiger partial charge in [-0.05, 0) is 44.7 Å². The average molecular weight is 385 g/mol. The van der Waals surface area contributed by atoms with Gasteiger partial charge in [0.1, 0.15) is 5.75 Å². The molecule has 140 valence electrons. The third kappa shape index (κ3) is 4.04. The number of benzene rings is 1. The first-order chi connectivity index (χ1) is 12.1. The number of carbonyl (C=O) groups is 1. The molecular formula is C18H19ClF2N2O3. The Labute approximate surface area is 154 Å². The Balaban J connectivity index is 1.72. The molecule has 1 aliphatic carbocycles. The fourth-order valence-electron chi connectivity index (χ4n) is 3.02. The number of hydrogen-bond acceptors (Lipinski definition) is 4. The number of hydrogen-bond donors (Lipinski definition) is 2. The average Bonchev–Trinajstić information content (AvgIpc) is 2.48. The van der Waals surface area contributed by atoms with Gasteiger partial charge in [-0.3, -0.25) is 9.78 Å². The van der Waals surface area contributed by atoms with Crippen LogP contribution in [0.5, 0.6) is 5.75 Å². The van der Waals surface area contributed by atoms with Crippen molar-refractivity contribution >= 4 is 28.4 Å². The minimum Gasteiger partial charge on any atom is -0.433 e. The van der Waals surface area contributed by atoms with Crippen LogP contribution in [0.25, 0.3) is 10.9 Å². The smallest absolute Gasteiger partial charge is 0.387 e. The van der Waals surface area contributed by atoms with Gasteiger partial charge in [-0.15, -0.1) is 0 Å². The number of aromatic nitrogens is 1. The number of fused-ring (bicyclic) bond motifs is 1. The fraction of sp³-hybridized carbons (Fsp3) is 0.444. The lowest BCUT2D eigenvalue weighted by molar-refractivity contribution is -0.0497. The number of amides is 1. The highest BCUT2D eigenvalue weighted by Gasteiger charge is 2.39. The van der Waals surface area contributed by atoms with Crippen LogP contribution in [-0.4, -0.2) is 34.3 Å². The maximum Gasteiger partial charge on any atom is 0.387 e. The topological polar surface area (TPSA) is 71.5 Å². The molecule has 1 fully saturated rings. The van der Waals surface area contributed by atoms with Crippen LogP contribution in [0.2, 0.25) is 5.02 Å². The summed E-state index contributed by atoms with van der Waals surface area (Å²) in [6.07, 6.45) is 2.82.